The molecular formula is C20H36IN3O4. The van der Waals surface area contributed by atoms with Crippen LogP contribution in [0.25, 0.3) is 0 Å². The Morgan fingerprint density at radius 3 is 2.54 bits per heavy atom. The van der Waals surface area contributed by atoms with Crippen LogP contribution >= 0.6 is 24.0 Å². The van der Waals surface area contributed by atoms with Gasteiger partial charge >= 0.3 is 0 Å². The molecule has 162 valence electrons. The van der Waals surface area contributed by atoms with Crippen LogP contribution in [-0.4, -0.2) is 66.3 Å². The van der Waals surface area contributed by atoms with Gasteiger partial charge in [-0.1, -0.05) is 6.07 Å². The number of unbranched alkanes of at least 4 members (excludes halogenated alkanes) is 1. The Morgan fingerprint density at radius 1 is 0.964 bits per heavy atom. The fourth-order valence-electron chi connectivity index (χ4n) is 2.25. The van der Waals surface area contributed by atoms with Crippen molar-refractivity contribution in [2.45, 2.75) is 26.2 Å². The van der Waals surface area contributed by atoms with Crippen LogP contribution in [0.5, 0.6) is 5.75 Å². The van der Waals surface area contributed by atoms with Gasteiger partial charge in [0, 0.05) is 58.7 Å². The van der Waals surface area contributed by atoms with Gasteiger partial charge in [-0.2, -0.15) is 0 Å². The molecule has 0 unspecified atom stereocenters. The van der Waals surface area contributed by atoms with Crippen molar-refractivity contribution in [3.63, 3.8) is 0 Å². The first kappa shape index (κ1) is 26.9. The molecule has 0 aromatic heterocycles. The Bertz CT molecular complexity index is 518. The van der Waals surface area contributed by atoms with E-state index in [1.165, 1.54) is 0 Å². The molecule has 2 N–H and O–H groups in total. The maximum Gasteiger partial charge on any atom is 0.195 e. The SMILES string of the molecule is CCNC(=NCCCCOCCOC)Nc1cccc(OCCCOC)c1.I. The molecule has 1 aromatic carbocycles. The van der Waals surface area contributed by atoms with Crippen LogP contribution < -0.4 is 15.4 Å². The number of nitrogens with zero attached hydrogens (tertiary/aromatic N) is 1. The monoisotopic (exact) mass is 509 g/mol. The molecule has 0 heterocycles. The lowest BCUT2D eigenvalue weighted by molar-refractivity contribution is 0.0690. The van der Waals surface area contributed by atoms with Crippen LogP contribution in [0.15, 0.2) is 29.3 Å². The molecule has 0 spiro atoms. The first-order valence-electron chi connectivity index (χ1n) is 9.64. The molecule has 1 rings (SSSR count). The van der Waals surface area contributed by atoms with Gasteiger partial charge in [0.25, 0.3) is 0 Å². The van der Waals surface area contributed by atoms with E-state index < -0.39 is 0 Å². The van der Waals surface area contributed by atoms with Gasteiger partial charge in [-0.3, -0.25) is 4.99 Å². The zero-order valence-electron chi connectivity index (χ0n) is 17.4. The molecule has 0 aliphatic heterocycles. The van der Waals surface area contributed by atoms with Gasteiger partial charge in [-0.05, 0) is 31.9 Å². The Balaban J connectivity index is 0.00000729. The van der Waals surface area contributed by atoms with Crippen molar-refractivity contribution in [2.75, 3.05) is 65.7 Å². The minimum Gasteiger partial charge on any atom is -0.493 e. The fourth-order valence-corrected chi connectivity index (χ4v) is 2.25. The third kappa shape index (κ3) is 14.0. The Hall–Kier alpha value is -1.10. The number of aliphatic imine (C=N–C) groups is 1. The summed E-state index contributed by atoms with van der Waals surface area (Å²) < 4.78 is 21.2. The van der Waals surface area contributed by atoms with E-state index in [2.05, 4.69) is 22.5 Å². The van der Waals surface area contributed by atoms with Crippen molar-refractivity contribution in [3.05, 3.63) is 24.3 Å². The molecule has 0 bridgehead atoms. The van der Waals surface area contributed by atoms with Gasteiger partial charge in [0.05, 0.1) is 19.8 Å². The summed E-state index contributed by atoms with van der Waals surface area (Å²) in [7, 11) is 3.37. The number of anilines is 1. The quantitative estimate of drug-likeness (QED) is 0.163. The summed E-state index contributed by atoms with van der Waals surface area (Å²) in [6.07, 6.45) is 2.83. The lowest BCUT2D eigenvalue weighted by Gasteiger charge is -2.13. The maximum atomic E-state index is 5.74. The van der Waals surface area contributed by atoms with E-state index in [1.807, 2.05) is 24.3 Å². The van der Waals surface area contributed by atoms with Crippen molar-refractivity contribution < 1.29 is 18.9 Å². The zero-order valence-corrected chi connectivity index (χ0v) is 19.7. The number of halogens is 1. The number of ether oxygens (including phenoxy) is 4. The molecule has 0 aliphatic carbocycles. The van der Waals surface area contributed by atoms with Crippen molar-refractivity contribution in [3.8, 4) is 5.75 Å². The Kier molecular flexibility index (Phi) is 18.5. The molecular weight excluding hydrogens is 473 g/mol. The van der Waals surface area contributed by atoms with Crippen LogP contribution in [0.4, 0.5) is 5.69 Å². The smallest absolute Gasteiger partial charge is 0.195 e. The molecule has 1 aromatic rings. The second kappa shape index (κ2) is 19.2. The number of guanidine groups is 1. The highest BCUT2D eigenvalue weighted by molar-refractivity contribution is 14.0. The molecule has 7 nitrogen and oxygen atoms in total. The van der Waals surface area contributed by atoms with E-state index in [4.69, 9.17) is 18.9 Å². The highest BCUT2D eigenvalue weighted by Gasteiger charge is 2.01. The van der Waals surface area contributed by atoms with Gasteiger partial charge in [-0.25, -0.2) is 0 Å². The highest BCUT2D eigenvalue weighted by Crippen LogP contribution is 2.17. The number of hydrogen-bond acceptors (Lipinski definition) is 5. The average molecular weight is 509 g/mol. The van der Waals surface area contributed by atoms with Crippen LogP contribution in [0.3, 0.4) is 0 Å². The number of benzene rings is 1. The number of hydrogen-bond donors (Lipinski definition) is 2. The molecule has 28 heavy (non-hydrogen) atoms. The number of rotatable bonds is 15. The van der Waals surface area contributed by atoms with E-state index in [0.717, 1.165) is 56.4 Å². The minimum atomic E-state index is 0. The normalized spacial score (nSPS) is 11.0. The van der Waals surface area contributed by atoms with Crippen LogP contribution in [0.1, 0.15) is 26.2 Å². The van der Waals surface area contributed by atoms with Gasteiger partial charge < -0.3 is 29.6 Å². The third-order valence-electron chi connectivity index (χ3n) is 3.60. The number of nitrogens with one attached hydrogen (secondary N) is 2. The molecule has 0 saturated carbocycles. The third-order valence-corrected chi connectivity index (χ3v) is 3.60. The molecule has 0 fully saturated rings. The van der Waals surface area contributed by atoms with Crippen molar-refractivity contribution in [2.24, 2.45) is 4.99 Å². The summed E-state index contributed by atoms with van der Waals surface area (Å²) in [6, 6.07) is 7.89. The van der Waals surface area contributed by atoms with Gasteiger partial charge in [0.15, 0.2) is 5.96 Å². The standard InChI is InChI=1S/C20H35N3O4.HI/c1-4-21-20(22-11-5-6-13-26-16-15-25-3)23-18-9-7-10-19(17-18)27-14-8-12-24-2;/h7,9-10,17H,4-6,8,11-16H2,1-3H3,(H2,21,22,23);1H. The van der Waals surface area contributed by atoms with Gasteiger partial charge in [0.2, 0.25) is 0 Å². The molecule has 0 amide bonds. The molecule has 0 atom stereocenters. The minimum absolute atomic E-state index is 0. The van der Waals surface area contributed by atoms with Crippen LogP contribution in [0.2, 0.25) is 0 Å². The predicted octanol–water partition coefficient (Wildman–Crippen LogP) is 3.54. The van der Waals surface area contributed by atoms with Gasteiger partial charge in [-0.15, -0.1) is 24.0 Å². The van der Waals surface area contributed by atoms with Crippen LogP contribution in [0, 0.1) is 0 Å². The Labute approximate surface area is 186 Å². The predicted molar refractivity (Wildman–Crippen MR) is 125 cm³/mol. The first-order valence-corrected chi connectivity index (χ1v) is 9.64. The van der Waals surface area contributed by atoms with E-state index in [0.29, 0.717) is 26.4 Å². The summed E-state index contributed by atoms with van der Waals surface area (Å²) in [4.78, 5) is 4.62. The van der Waals surface area contributed by atoms with E-state index >= 15 is 0 Å². The molecule has 8 heteroatoms. The topological polar surface area (TPSA) is 73.3 Å². The average Bonchev–Trinajstić information content (AvgIpc) is 2.68. The first-order chi connectivity index (χ1) is 13.3. The summed E-state index contributed by atoms with van der Waals surface area (Å²) in [5.74, 6) is 1.61. The van der Waals surface area contributed by atoms with Gasteiger partial charge in [0.1, 0.15) is 5.75 Å². The zero-order chi connectivity index (χ0) is 19.6. The molecule has 0 aliphatic rings. The van der Waals surface area contributed by atoms with Crippen molar-refractivity contribution in [1.82, 2.24) is 5.32 Å². The Morgan fingerprint density at radius 2 is 1.79 bits per heavy atom. The van der Waals surface area contributed by atoms with Crippen LogP contribution in [-0.2, 0) is 14.2 Å². The lowest BCUT2D eigenvalue weighted by Crippen LogP contribution is -2.30. The summed E-state index contributed by atoms with van der Waals surface area (Å²) in [5.41, 5.74) is 0.946. The summed E-state index contributed by atoms with van der Waals surface area (Å²) in [6.45, 7) is 6.97. The largest absolute Gasteiger partial charge is 0.493 e. The van der Waals surface area contributed by atoms with E-state index in [-0.39, 0.29) is 24.0 Å². The second-order valence-electron chi connectivity index (χ2n) is 5.92. The number of methoxy groups -OCH3 is 2. The summed E-state index contributed by atoms with van der Waals surface area (Å²) in [5, 5.41) is 6.59. The second-order valence-corrected chi connectivity index (χ2v) is 5.92. The molecule has 0 radical (unpaired) electrons. The molecule has 0 saturated heterocycles. The van der Waals surface area contributed by atoms with Crippen molar-refractivity contribution >= 4 is 35.6 Å². The maximum absolute atomic E-state index is 5.74. The van der Waals surface area contributed by atoms with E-state index in [1.54, 1.807) is 14.2 Å². The summed E-state index contributed by atoms with van der Waals surface area (Å²) >= 11 is 0. The fraction of sp³-hybridized carbons (Fsp3) is 0.650. The highest BCUT2D eigenvalue weighted by atomic mass is 127. The lowest BCUT2D eigenvalue weighted by atomic mass is 10.3. The van der Waals surface area contributed by atoms with Crippen molar-refractivity contribution in [1.29, 1.82) is 0 Å². The van der Waals surface area contributed by atoms with E-state index in [9.17, 15) is 0 Å².